The Morgan fingerprint density at radius 1 is 1.32 bits per heavy atom. The summed E-state index contributed by atoms with van der Waals surface area (Å²) in [5.41, 5.74) is 3.37. The second-order valence-corrected chi connectivity index (χ2v) is 12.6. The topological polar surface area (TPSA) is 71.5 Å². The molecule has 1 aliphatic heterocycles. The molecule has 0 fully saturated rings. The summed E-state index contributed by atoms with van der Waals surface area (Å²) in [5, 5.41) is 12.9. The molecule has 1 N–H and O–H groups in total. The van der Waals surface area contributed by atoms with Gasteiger partial charge in [0.25, 0.3) is 5.39 Å². The average molecular weight is 441 g/mol. The third-order valence-electron chi connectivity index (χ3n) is 3.88. The summed E-state index contributed by atoms with van der Waals surface area (Å²) in [6, 6.07) is 7.34. The normalized spacial score (nSPS) is 18.6. The first kappa shape index (κ1) is 18.1. The van der Waals surface area contributed by atoms with Crippen LogP contribution in [0.1, 0.15) is 11.1 Å². The van der Waals surface area contributed by atoms with E-state index in [0.717, 1.165) is 10.0 Å². The highest BCUT2D eigenvalue weighted by atomic mass is 79.9. The Hall–Kier alpha value is -1.66. The van der Waals surface area contributed by atoms with E-state index in [2.05, 4.69) is 51.1 Å². The predicted molar refractivity (Wildman–Crippen MR) is 102 cm³/mol. The SMILES string of the molecule is C[Si](C)(C)OCC1(N[N+]#N)c2cc(Br)ccc2Oc2cnc(Cl)cc21. The molecule has 1 unspecified atom stereocenters. The Labute approximate surface area is 160 Å². The number of hydrogen-bond donors (Lipinski definition) is 1. The maximum absolute atomic E-state index is 9.37. The average Bonchev–Trinajstić information content (AvgIpc) is 2.54. The van der Waals surface area contributed by atoms with Crippen LogP contribution in [-0.4, -0.2) is 19.9 Å². The Morgan fingerprint density at radius 2 is 2.04 bits per heavy atom. The van der Waals surface area contributed by atoms with E-state index in [-0.39, 0.29) is 6.61 Å². The molecule has 0 saturated heterocycles. The van der Waals surface area contributed by atoms with Crippen molar-refractivity contribution in [1.82, 2.24) is 10.4 Å². The number of pyridine rings is 1. The van der Waals surface area contributed by atoms with Crippen molar-refractivity contribution < 1.29 is 9.16 Å². The van der Waals surface area contributed by atoms with Gasteiger partial charge in [0.2, 0.25) is 0 Å². The molecule has 0 radical (unpaired) electrons. The number of diazo groups is 1. The fourth-order valence-corrected chi connectivity index (χ4v) is 3.91. The summed E-state index contributed by atoms with van der Waals surface area (Å²) >= 11 is 9.61. The van der Waals surface area contributed by atoms with Crippen LogP contribution in [0.15, 0.2) is 34.9 Å². The second-order valence-electron chi connectivity index (χ2n) is 6.76. The Kier molecular flexibility index (Phi) is 4.77. The number of benzene rings is 1. The van der Waals surface area contributed by atoms with E-state index in [9.17, 15) is 5.39 Å². The zero-order chi connectivity index (χ0) is 18.2. The Morgan fingerprint density at radius 3 is 2.72 bits per heavy atom. The maximum atomic E-state index is 9.37. The first-order chi connectivity index (χ1) is 11.7. The fourth-order valence-electron chi connectivity index (χ4n) is 2.74. The molecular formula is C16H17BrClN4O2Si+. The van der Waals surface area contributed by atoms with Gasteiger partial charge in [-0.2, -0.15) is 0 Å². The van der Waals surface area contributed by atoms with E-state index >= 15 is 0 Å². The molecule has 0 spiro atoms. The minimum atomic E-state index is -1.85. The molecule has 1 aromatic heterocycles. The zero-order valence-electron chi connectivity index (χ0n) is 14.0. The van der Waals surface area contributed by atoms with E-state index in [1.54, 1.807) is 12.3 Å². The highest BCUT2D eigenvalue weighted by Gasteiger charge is 2.48. The van der Waals surface area contributed by atoms with Gasteiger partial charge in [0.05, 0.1) is 12.8 Å². The van der Waals surface area contributed by atoms with Crippen LogP contribution in [0.4, 0.5) is 0 Å². The number of nitrogens with zero attached hydrogens (tertiary/aromatic N) is 3. The van der Waals surface area contributed by atoms with Crippen LogP contribution < -0.4 is 10.2 Å². The van der Waals surface area contributed by atoms with E-state index in [4.69, 9.17) is 20.8 Å². The first-order valence-corrected chi connectivity index (χ1v) is 12.2. The third-order valence-corrected chi connectivity index (χ3v) is 5.59. The number of hydrogen-bond acceptors (Lipinski definition) is 5. The Bertz CT molecular complexity index is 815. The van der Waals surface area contributed by atoms with Gasteiger partial charge in [-0.3, -0.25) is 0 Å². The predicted octanol–water partition coefficient (Wildman–Crippen LogP) is 5.06. The molecule has 0 bridgehead atoms. The molecule has 25 heavy (non-hydrogen) atoms. The number of nitrogens with one attached hydrogen (secondary N) is 1. The molecule has 0 saturated carbocycles. The molecule has 9 heteroatoms. The van der Waals surface area contributed by atoms with Crippen LogP contribution in [0, 0.1) is 5.39 Å². The number of rotatable bonds is 4. The summed E-state index contributed by atoms with van der Waals surface area (Å²) in [7, 11) is -1.85. The number of halogens is 2. The van der Waals surface area contributed by atoms with Gasteiger partial charge in [-0.25, -0.2) is 4.98 Å². The molecule has 2 heterocycles. The van der Waals surface area contributed by atoms with Crippen molar-refractivity contribution in [2.24, 2.45) is 0 Å². The molecule has 1 aliphatic rings. The quantitative estimate of drug-likeness (QED) is 0.311. The van der Waals surface area contributed by atoms with Crippen LogP contribution >= 0.6 is 27.5 Å². The summed E-state index contributed by atoms with van der Waals surface area (Å²) in [6.07, 6.45) is 1.56. The van der Waals surface area contributed by atoms with E-state index in [1.807, 2.05) is 18.2 Å². The summed E-state index contributed by atoms with van der Waals surface area (Å²) in [5.74, 6) is 1.17. The smallest absolute Gasteiger partial charge is 0.304 e. The van der Waals surface area contributed by atoms with Crippen LogP contribution in [0.3, 0.4) is 0 Å². The molecule has 2 aromatic rings. The van der Waals surface area contributed by atoms with Crippen LogP contribution in [0.5, 0.6) is 11.5 Å². The van der Waals surface area contributed by atoms with Gasteiger partial charge in [-0.15, -0.1) is 0 Å². The van der Waals surface area contributed by atoms with Crippen molar-refractivity contribution in [1.29, 1.82) is 5.39 Å². The Balaban J connectivity index is 2.25. The second kappa shape index (κ2) is 6.57. The number of fused-ring (bicyclic) bond motifs is 2. The van der Waals surface area contributed by atoms with Crippen molar-refractivity contribution in [2.75, 3.05) is 6.61 Å². The third kappa shape index (κ3) is 3.51. The monoisotopic (exact) mass is 439 g/mol. The lowest BCUT2D eigenvalue weighted by molar-refractivity contribution is 0.204. The molecule has 0 aliphatic carbocycles. The maximum Gasteiger partial charge on any atom is 0.304 e. The summed E-state index contributed by atoms with van der Waals surface area (Å²) in [4.78, 5) is 4.10. The zero-order valence-corrected chi connectivity index (χ0v) is 17.3. The minimum Gasteiger partial charge on any atom is -0.455 e. The molecule has 1 atom stereocenters. The molecule has 1 aromatic carbocycles. The van der Waals surface area contributed by atoms with E-state index < -0.39 is 13.9 Å². The standard InChI is InChI=1S/C16H17BrClN4O2Si/c1-25(2,3)23-9-16(21-22-19)11-6-10(17)4-5-13(11)24-14-8-20-15(18)7-12(14)16/h4-8,21H,9H2,1-3H3/q+1. The van der Waals surface area contributed by atoms with Crippen LogP contribution in [0.2, 0.25) is 24.8 Å². The van der Waals surface area contributed by atoms with Gasteiger partial charge in [0, 0.05) is 15.6 Å². The highest BCUT2D eigenvalue weighted by Crippen LogP contribution is 2.48. The van der Waals surface area contributed by atoms with Gasteiger partial charge in [-0.05, 0) is 49.3 Å². The van der Waals surface area contributed by atoms with Crippen molar-refractivity contribution in [2.45, 2.75) is 25.2 Å². The minimum absolute atomic E-state index is 0.257. The van der Waals surface area contributed by atoms with Crippen molar-refractivity contribution in [3.05, 3.63) is 56.3 Å². The summed E-state index contributed by atoms with van der Waals surface area (Å²) < 4.78 is 13.0. The molecule has 130 valence electrons. The van der Waals surface area contributed by atoms with Gasteiger partial charge in [0.1, 0.15) is 10.9 Å². The van der Waals surface area contributed by atoms with Gasteiger partial charge in [0.15, 0.2) is 19.6 Å². The van der Waals surface area contributed by atoms with Crippen molar-refractivity contribution >= 4 is 35.8 Å². The number of aromatic nitrogens is 1. The highest BCUT2D eigenvalue weighted by molar-refractivity contribution is 9.10. The molecule has 6 nitrogen and oxygen atoms in total. The lowest BCUT2D eigenvalue weighted by Crippen LogP contribution is -2.48. The lowest BCUT2D eigenvalue weighted by Gasteiger charge is -2.36. The first-order valence-electron chi connectivity index (χ1n) is 7.64. The molecular weight excluding hydrogens is 424 g/mol. The van der Waals surface area contributed by atoms with Gasteiger partial charge in [-0.1, -0.05) is 27.5 Å². The fraction of sp³-hybridized carbons (Fsp3) is 0.312. The van der Waals surface area contributed by atoms with Gasteiger partial charge >= 0.3 is 5.08 Å². The van der Waals surface area contributed by atoms with Crippen LogP contribution in [0.25, 0.3) is 5.08 Å². The molecule has 3 rings (SSSR count). The number of ether oxygens (including phenoxy) is 1. The van der Waals surface area contributed by atoms with Crippen molar-refractivity contribution in [3.63, 3.8) is 0 Å². The van der Waals surface area contributed by atoms with E-state index in [1.165, 1.54) is 0 Å². The summed E-state index contributed by atoms with van der Waals surface area (Å²) in [6.45, 7) is 6.54. The largest absolute Gasteiger partial charge is 0.455 e. The van der Waals surface area contributed by atoms with E-state index in [0.29, 0.717) is 22.2 Å². The van der Waals surface area contributed by atoms with Crippen molar-refractivity contribution in [3.8, 4) is 11.5 Å². The van der Waals surface area contributed by atoms with Gasteiger partial charge < -0.3 is 9.16 Å². The van der Waals surface area contributed by atoms with Crippen LogP contribution in [-0.2, 0) is 9.96 Å². The molecule has 0 amide bonds. The lowest BCUT2D eigenvalue weighted by atomic mass is 9.82.